The van der Waals surface area contributed by atoms with Crippen LogP contribution < -0.4 is 4.90 Å². The Hall–Kier alpha value is -2.57. The lowest BCUT2D eigenvalue weighted by molar-refractivity contribution is -0.135. The molecule has 0 radical (unpaired) electrons. The Bertz CT molecular complexity index is 1020. The molecule has 0 aliphatic carbocycles. The van der Waals surface area contributed by atoms with Crippen molar-refractivity contribution in [2.75, 3.05) is 50.7 Å². The van der Waals surface area contributed by atoms with Gasteiger partial charge in [-0.1, -0.05) is 54.1 Å². The van der Waals surface area contributed by atoms with E-state index >= 15 is 0 Å². The fourth-order valence-corrected chi connectivity index (χ4v) is 6.14. The minimum Gasteiger partial charge on any atom is -0.368 e. The molecule has 3 heterocycles. The summed E-state index contributed by atoms with van der Waals surface area (Å²) in [6.45, 7) is 6.16. The van der Waals surface area contributed by atoms with Gasteiger partial charge < -0.3 is 9.80 Å². The topological polar surface area (TPSA) is 47.1 Å². The summed E-state index contributed by atoms with van der Waals surface area (Å²) in [6.07, 6.45) is 4.82. The van der Waals surface area contributed by atoms with Crippen molar-refractivity contribution in [3.63, 3.8) is 0 Å². The zero-order valence-electron chi connectivity index (χ0n) is 20.3. The normalized spacial score (nSPS) is 23.5. The summed E-state index contributed by atoms with van der Waals surface area (Å²) in [6, 6.07) is 18.0. The van der Waals surface area contributed by atoms with Crippen molar-refractivity contribution < 1.29 is 9.59 Å². The standard InChI is InChI=1S/C28H35ClN4O2/c29-23-12-4-5-13-24(23)31-20-18-30(19-21-31)15-8-9-17-33-27(34)26(22-10-2-1-3-11-22)25-14-6-7-16-32(25)28(33)35/h1-5,10-13,25-26H,6-9,14-21H2/t25-,26-/m1/s1. The van der Waals surface area contributed by atoms with E-state index < -0.39 is 0 Å². The largest absolute Gasteiger partial charge is 0.368 e. The first kappa shape index (κ1) is 24.1. The van der Waals surface area contributed by atoms with E-state index in [1.807, 2.05) is 53.4 Å². The van der Waals surface area contributed by atoms with E-state index in [0.717, 1.165) is 87.6 Å². The molecule has 2 atom stereocenters. The molecule has 3 aliphatic rings. The summed E-state index contributed by atoms with van der Waals surface area (Å²) in [5, 5.41) is 0.807. The van der Waals surface area contributed by atoms with Crippen LogP contribution in [0.4, 0.5) is 10.5 Å². The van der Waals surface area contributed by atoms with Gasteiger partial charge in [-0.15, -0.1) is 0 Å². The molecule has 0 saturated carbocycles. The minimum atomic E-state index is -0.243. The van der Waals surface area contributed by atoms with Crippen LogP contribution in [0.3, 0.4) is 0 Å². The molecule has 3 saturated heterocycles. The second kappa shape index (κ2) is 11.0. The third-order valence-electron chi connectivity index (χ3n) is 7.77. The fourth-order valence-electron chi connectivity index (χ4n) is 5.88. The predicted molar refractivity (Wildman–Crippen MR) is 140 cm³/mol. The molecule has 2 aromatic carbocycles. The van der Waals surface area contributed by atoms with Crippen molar-refractivity contribution in [2.24, 2.45) is 0 Å². The number of rotatable bonds is 7. The summed E-state index contributed by atoms with van der Waals surface area (Å²) < 4.78 is 0. The average molecular weight is 495 g/mol. The lowest BCUT2D eigenvalue weighted by atomic mass is 9.82. The highest BCUT2D eigenvalue weighted by atomic mass is 35.5. The lowest BCUT2D eigenvalue weighted by Crippen LogP contribution is -2.62. The highest BCUT2D eigenvalue weighted by Crippen LogP contribution is 2.36. The van der Waals surface area contributed by atoms with E-state index in [0.29, 0.717) is 6.54 Å². The maximum Gasteiger partial charge on any atom is 0.326 e. The summed E-state index contributed by atoms with van der Waals surface area (Å²) in [7, 11) is 0. The van der Waals surface area contributed by atoms with Crippen LogP contribution in [-0.4, -0.2) is 78.5 Å². The molecule has 0 unspecified atom stereocenters. The zero-order chi connectivity index (χ0) is 24.2. The molecule has 35 heavy (non-hydrogen) atoms. The molecular weight excluding hydrogens is 460 g/mol. The number of hydrogen-bond acceptors (Lipinski definition) is 4. The molecule has 3 amide bonds. The van der Waals surface area contributed by atoms with E-state index in [-0.39, 0.29) is 23.9 Å². The van der Waals surface area contributed by atoms with E-state index in [1.54, 1.807) is 0 Å². The molecule has 0 aromatic heterocycles. The van der Waals surface area contributed by atoms with Gasteiger partial charge in [0.1, 0.15) is 0 Å². The van der Waals surface area contributed by atoms with Crippen LogP contribution in [0.25, 0.3) is 0 Å². The summed E-state index contributed by atoms with van der Waals surface area (Å²) >= 11 is 6.37. The van der Waals surface area contributed by atoms with Crippen molar-refractivity contribution in [3.05, 3.63) is 65.2 Å². The molecule has 3 aliphatic heterocycles. The number of anilines is 1. The molecule has 0 bridgehead atoms. The number of nitrogens with zero attached hydrogens (tertiary/aromatic N) is 4. The van der Waals surface area contributed by atoms with Gasteiger partial charge in [-0.25, -0.2) is 4.79 Å². The van der Waals surface area contributed by atoms with Crippen LogP contribution in [0, 0.1) is 0 Å². The molecular formula is C28H35ClN4O2. The molecule has 3 fully saturated rings. The number of unbranched alkanes of at least 4 members (excludes halogenated alkanes) is 1. The molecule has 7 heteroatoms. The quantitative estimate of drug-likeness (QED) is 0.516. The van der Waals surface area contributed by atoms with Gasteiger partial charge in [-0.05, 0) is 56.3 Å². The van der Waals surface area contributed by atoms with Gasteiger partial charge >= 0.3 is 6.03 Å². The second-order valence-electron chi connectivity index (χ2n) is 9.90. The molecule has 0 spiro atoms. The van der Waals surface area contributed by atoms with Crippen molar-refractivity contribution in [1.82, 2.24) is 14.7 Å². The van der Waals surface area contributed by atoms with Crippen LogP contribution in [-0.2, 0) is 4.79 Å². The average Bonchev–Trinajstić information content (AvgIpc) is 2.90. The number of hydrogen-bond donors (Lipinski definition) is 0. The number of urea groups is 1. The number of benzene rings is 2. The number of para-hydroxylation sites is 1. The Labute approximate surface area is 213 Å². The highest BCUT2D eigenvalue weighted by molar-refractivity contribution is 6.33. The maximum absolute atomic E-state index is 13.5. The number of amides is 3. The van der Waals surface area contributed by atoms with Gasteiger partial charge in [0.2, 0.25) is 5.91 Å². The Morgan fingerprint density at radius 3 is 2.29 bits per heavy atom. The monoisotopic (exact) mass is 494 g/mol. The summed E-state index contributed by atoms with van der Waals surface area (Å²) in [5.41, 5.74) is 2.14. The SMILES string of the molecule is O=C1[C@H](c2ccccc2)[C@H]2CCCCN2C(=O)N1CCCCN1CCN(c2ccccc2Cl)CC1. The van der Waals surface area contributed by atoms with Gasteiger partial charge in [0.25, 0.3) is 0 Å². The van der Waals surface area contributed by atoms with E-state index in [9.17, 15) is 9.59 Å². The number of fused-ring (bicyclic) bond motifs is 1. The van der Waals surface area contributed by atoms with Crippen LogP contribution in [0.5, 0.6) is 0 Å². The fraction of sp³-hybridized carbons (Fsp3) is 0.500. The Morgan fingerprint density at radius 1 is 0.800 bits per heavy atom. The maximum atomic E-state index is 13.5. The molecule has 2 aromatic rings. The minimum absolute atomic E-state index is 0.00295. The molecule has 5 rings (SSSR count). The van der Waals surface area contributed by atoms with Crippen LogP contribution in [0.1, 0.15) is 43.6 Å². The summed E-state index contributed by atoms with van der Waals surface area (Å²) in [5.74, 6) is -0.259. The summed E-state index contributed by atoms with van der Waals surface area (Å²) in [4.78, 5) is 35.1. The first-order valence-electron chi connectivity index (χ1n) is 13.0. The second-order valence-corrected chi connectivity index (χ2v) is 10.3. The van der Waals surface area contributed by atoms with Crippen molar-refractivity contribution in [3.8, 4) is 0 Å². The van der Waals surface area contributed by atoms with Crippen molar-refractivity contribution in [1.29, 1.82) is 0 Å². The van der Waals surface area contributed by atoms with Gasteiger partial charge in [-0.3, -0.25) is 14.6 Å². The van der Waals surface area contributed by atoms with E-state index in [4.69, 9.17) is 11.6 Å². The van der Waals surface area contributed by atoms with Crippen molar-refractivity contribution in [2.45, 2.75) is 44.1 Å². The Morgan fingerprint density at radius 2 is 1.51 bits per heavy atom. The molecule has 6 nitrogen and oxygen atoms in total. The van der Waals surface area contributed by atoms with Gasteiger partial charge in [-0.2, -0.15) is 0 Å². The third-order valence-corrected chi connectivity index (χ3v) is 8.09. The van der Waals surface area contributed by atoms with E-state index in [2.05, 4.69) is 15.9 Å². The first-order valence-corrected chi connectivity index (χ1v) is 13.4. The number of carbonyl (C=O) groups excluding carboxylic acids is 2. The predicted octanol–water partition coefficient (Wildman–Crippen LogP) is 4.84. The first-order chi connectivity index (χ1) is 17.1. The smallest absolute Gasteiger partial charge is 0.326 e. The number of imide groups is 1. The number of piperazine rings is 1. The van der Waals surface area contributed by atoms with Gasteiger partial charge in [0, 0.05) is 45.3 Å². The van der Waals surface area contributed by atoms with E-state index in [1.165, 1.54) is 4.90 Å². The van der Waals surface area contributed by atoms with Crippen LogP contribution in [0.15, 0.2) is 54.6 Å². The third kappa shape index (κ3) is 5.19. The van der Waals surface area contributed by atoms with Crippen LogP contribution >= 0.6 is 11.6 Å². The Kier molecular flexibility index (Phi) is 7.59. The molecule has 186 valence electrons. The Balaban J connectivity index is 1.14. The zero-order valence-corrected chi connectivity index (χ0v) is 21.1. The number of halogens is 1. The van der Waals surface area contributed by atoms with Crippen molar-refractivity contribution >= 4 is 29.2 Å². The van der Waals surface area contributed by atoms with Gasteiger partial charge in [0.15, 0.2) is 0 Å². The van der Waals surface area contributed by atoms with Gasteiger partial charge in [0.05, 0.1) is 16.6 Å². The number of piperidine rings is 1. The number of carbonyl (C=O) groups is 2. The molecule has 0 N–H and O–H groups in total. The highest BCUT2D eigenvalue weighted by Gasteiger charge is 2.47. The lowest BCUT2D eigenvalue weighted by Gasteiger charge is -2.47. The van der Waals surface area contributed by atoms with Crippen LogP contribution in [0.2, 0.25) is 5.02 Å².